The largest absolute Gasteiger partial charge is 0.416 e. The number of hydrogen-bond acceptors (Lipinski definition) is 3. The zero-order chi connectivity index (χ0) is 16.9. The maximum Gasteiger partial charge on any atom is 0.416 e. The van der Waals surface area contributed by atoms with Gasteiger partial charge in [-0.1, -0.05) is 12.1 Å². The van der Waals surface area contributed by atoms with Crippen LogP contribution in [-0.2, 0) is 22.3 Å². The first kappa shape index (κ1) is 20.7. The van der Waals surface area contributed by atoms with Gasteiger partial charge in [0, 0.05) is 13.7 Å². The van der Waals surface area contributed by atoms with Crippen molar-refractivity contribution >= 4 is 18.3 Å². The quantitative estimate of drug-likeness (QED) is 0.842. The summed E-state index contributed by atoms with van der Waals surface area (Å²) < 4.78 is 43.3. The van der Waals surface area contributed by atoms with Gasteiger partial charge in [0.05, 0.1) is 17.6 Å². The van der Waals surface area contributed by atoms with E-state index in [1.54, 1.807) is 13.2 Å². The summed E-state index contributed by atoms with van der Waals surface area (Å²) >= 11 is 0. The van der Waals surface area contributed by atoms with Crippen LogP contribution in [0.25, 0.3) is 0 Å². The molecule has 1 aromatic carbocycles. The van der Waals surface area contributed by atoms with E-state index in [1.807, 2.05) is 0 Å². The molecule has 2 N–H and O–H groups in total. The van der Waals surface area contributed by atoms with Gasteiger partial charge in [0.25, 0.3) is 0 Å². The van der Waals surface area contributed by atoms with Gasteiger partial charge in [-0.25, -0.2) is 0 Å². The second-order valence-electron chi connectivity index (χ2n) is 5.84. The van der Waals surface area contributed by atoms with Crippen LogP contribution in [0.15, 0.2) is 24.3 Å². The Bertz CT molecular complexity index is 541. The van der Waals surface area contributed by atoms with Crippen LogP contribution in [-0.4, -0.2) is 32.7 Å². The summed E-state index contributed by atoms with van der Waals surface area (Å²) in [4.78, 5) is 12.5. The molecule has 0 radical (unpaired) electrons. The molecule has 0 aliphatic carbocycles. The van der Waals surface area contributed by atoms with Gasteiger partial charge in [-0.05, 0) is 43.6 Å². The van der Waals surface area contributed by atoms with E-state index in [-0.39, 0.29) is 24.9 Å². The zero-order valence-corrected chi connectivity index (χ0v) is 14.2. The van der Waals surface area contributed by atoms with Crippen molar-refractivity contribution < 1.29 is 22.7 Å². The third-order valence-electron chi connectivity index (χ3n) is 4.17. The lowest BCUT2D eigenvalue weighted by molar-refractivity contribution is -0.137. The fourth-order valence-electron chi connectivity index (χ4n) is 2.85. The summed E-state index contributed by atoms with van der Waals surface area (Å²) in [5.74, 6) is -0.168. The number of amides is 1. The molecule has 0 atom stereocenters. The Morgan fingerprint density at radius 1 is 1.33 bits per heavy atom. The molecule has 0 unspecified atom stereocenters. The summed E-state index contributed by atoms with van der Waals surface area (Å²) in [6, 6.07) is 5.00. The highest BCUT2D eigenvalue weighted by atomic mass is 35.5. The fraction of sp³-hybridized carbons (Fsp3) is 0.562. The first-order chi connectivity index (χ1) is 10.9. The predicted molar refractivity (Wildman–Crippen MR) is 87.0 cm³/mol. The Morgan fingerprint density at radius 2 is 2.00 bits per heavy atom. The van der Waals surface area contributed by atoms with E-state index in [0.717, 1.165) is 25.2 Å². The molecule has 1 amide bonds. The monoisotopic (exact) mass is 366 g/mol. The lowest BCUT2D eigenvalue weighted by atomic mass is 9.78. The summed E-state index contributed by atoms with van der Waals surface area (Å²) in [7, 11) is 1.55. The molecule has 8 heteroatoms. The minimum Gasteiger partial charge on any atom is -0.384 e. The highest BCUT2D eigenvalue weighted by Gasteiger charge is 2.39. The van der Waals surface area contributed by atoms with Crippen molar-refractivity contribution in [1.29, 1.82) is 0 Å². The molecular formula is C16H22ClF3N2O2. The molecule has 1 fully saturated rings. The van der Waals surface area contributed by atoms with E-state index < -0.39 is 17.2 Å². The molecule has 0 saturated carbocycles. The number of ether oxygens (including phenoxy) is 1. The van der Waals surface area contributed by atoms with Gasteiger partial charge in [-0.3, -0.25) is 4.79 Å². The number of rotatable bonds is 5. The van der Waals surface area contributed by atoms with Crippen LogP contribution in [0, 0.1) is 5.41 Å². The molecule has 1 aliphatic heterocycles. The van der Waals surface area contributed by atoms with Crippen LogP contribution >= 0.6 is 12.4 Å². The summed E-state index contributed by atoms with van der Waals surface area (Å²) in [6.07, 6.45) is -3.09. The SMILES string of the molecule is COCC1(C(=O)NCc2cccc(C(F)(F)F)c2)CCNCC1.Cl. The van der Waals surface area contributed by atoms with E-state index in [2.05, 4.69) is 10.6 Å². The highest BCUT2D eigenvalue weighted by molar-refractivity contribution is 5.85. The van der Waals surface area contributed by atoms with Gasteiger partial charge in [-0.2, -0.15) is 13.2 Å². The van der Waals surface area contributed by atoms with Gasteiger partial charge >= 0.3 is 6.18 Å². The first-order valence-corrected chi connectivity index (χ1v) is 7.51. The third kappa shape index (κ3) is 5.09. The van der Waals surface area contributed by atoms with Gasteiger partial charge in [0.1, 0.15) is 0 Å². The standard InChI is InChI=1S/C16H21F3N2O2.ClH/c1-23-11-15(5-7-20-8-6-15)14(22)21-10-12-3-2-4-13(9-12)16(17,18)19;/h2-4,9,20H,5-8,10-11H2,1H3,(H,21,22);1H. The molecule has 0 bridgehead atoms. The number of alkyl halides is 3. The normalized spacial score (nSPS) is 17.0. The number of halogens is 4. The first-order valence-electron chi connectivity index (χ1n) is 7.51. The summed E-state index contributed by atoms with van der Waals surface area (Å²) in [5.41, 5.74) is -0.894. The van der Waals surface area contributed by atoms with Gasteiger partial charge in [0.2, 0.25) is 5.91 Å². The molecule has 136 valence electrons. The Labute approximate surface area is 145 Å². The van der Waals surface area contributed by atoms with Crippen LogP contribution in [0.4, 0.5) is 13.2 Å². The number of carbonyl (C=O) groups is 1. The van der Waals surface area contributed by atoms with Crippen LogP contribution in [0.3, 0.4) is 0 Å². The number of carbonyl (C=O) groups excluding carboxylic acids is 1. The van der Waals surface area contributed by atoms with E-state index in [9.17, 15) is 18.0 Å². The molecule has 0 spiro atoms. The van der Waals surface area contributed by atoms with Gasteiger partial charge in [0.15, 0.2) is 0 Å². The number of benzene rings is 1. The van der Waals surface area contributed by atoms with E-state index in [1.165, 1.54) is 6.07 Å². The fourth-order valence-corrected chi connectivity index (χ4v) is 2.85. The van der Waals surface area contributed by atoms with Crippen molar-refractivity contribution in [2.45, 2.75) is 25.6 Å². The second-order valence-corrected chi connectivity index (χ2v) is 5.84. The molecule has 4 nitrogen and oxygen atoms in total. The molecular weight excluding hydrogens is 345 g/mol. The number of methoxy groups -OCH3 is 1. The number of piperidine rings is 1. The molecule has 0 aromatic heterocycles. The predicted octanol–water partition coefficient (Wildman–Crippen LogP) is 2.76. The number of nitrogens with one attached hydrogen (secondary N) is 2. The molecule has 1 aliphatic rings. The van der Waals surface area contributed by atoms with Crippen LogP contribution in [0.2, 0.25) is 0 Å². The average molecular weight is 367 g/mol. The Balaban J connectivity index is 0.00000288. The van der Waals surface area contributed by atoms with Crippen molar-refractivity contribution in [3.05, 3.63) is 35.4 Å². The smallest absolute Gasteiger partial charge is 0.384 e. The minimum atomic E-state index is -4.38. The molecule has 1 heterocycles. The Morgan fingerprint density at radius 3 is 2.58 bits per heavy atom. The van der Waals surface area contributed by atoms with E-state index >= 15 is 0 Å². The topological polar surface area (TPSA) is 50.4 Å². The van der Waals surface area contributed by atoms with Crippen LogP contribution in [0.5, 0.6) is 0 Å². The molecule has 1 aromatic rings. The zero-order valence-electron chi connectivity index (χ0n) is 13.4. The van der Waals surface area contributed by atoms with Crippen molar-refractivity contribution in [2.75, 3.05) is 26.8 Å². The minimum absolute atomic E-state index is 0. The molecule has 1 saturated heterocycles. The van der Waals surface area contributed by atoms with Crippen molar-refractivity contribution in [1.82, 2.24) is 10.6 Å². The highest BCUT2D eigenvalue weighted by Crippen LogP contribution is 2.31. The third-order valence-corrected chi connectivity index (χ3v) is 4.17. The molecule has 2 rings (SSSR count). The Hall–Kier alpha value is -1.31. The van der Waals surface area contributed by atoms with Crippen LogP contribution in [0.1, 0.15) is 24.0 Å². The number of hydrogen-bond donors (Lipinski definition) is 2. The maximum absolute atomic E-state index is 12.7. The van der Waals surface area contributed by atoms with E-state index in [4.69, 9.17) is 4.74 Å². The van der Waals surface area contributed by atoms with Crippen molar-refractivity contribution in [3.8, 4) is 0 Å². The lowest BCUT2D eigenvalue weighted by Crippen LogP contribution is -2.49. The summed E-state index contributed by atoms with van der Waals surface area (Å²) in [6.45, 7) is 1.82. The van der Waals surface area contributed by atoms with Crippen LogP contribution < -0.4 is 10.6 Å². The average Bonchev–Trinajstić information content (AvgIpc) is 2.53. The lowest BCUT2D eigenvalue weighted by Gasteiger charge is -2.35. The van der Waals surface area contributed by atoms with E-state index in [0.29, 0.717) is 25.0 Å². The molecule has 24 heavy (non-hydrogen) atoms. The van der Waals surface area contributed by atoms with Gasteiger partial charge < -0.3 is 15.4 Å². The van der Waals surface area contributed by atoms with Gasteiger partial charge in [-0.15, -0.1) is 12.4 Å². The van der Waals surface area contributed by atoms with Crippen molar-refractivity contribution in [3.63, 3.8) is 0 Å². The Kier molecular flexibility index (Phi) is 7.51. The van der Waals surface area contributed by atoms with Crippen molar-refractivity contribution in [2.24, 2.45) is 5.41 Å². The second kappa shape index (κ2) is 8.69. The summed E-state index contributed by atoms with van der Waals surface area (Å²) in [5, 5.41) is 5.95. The maximum atomic E-state index is 12.7.